The van der Waals surface area contributed by atoms with E-state index in [0.717, 1.165) is 5.52 Å². The van der Waals surface area contributed by atoms with Crippen LogP contribution in [0.4, 0.5) is 0 Å². The summed E-state index contributed by atoms with van der Waals surface area (Å²) in [6.45, 7) is 0. The molecule has 0 aliphatic heterocycles. The minimum atomic E-state index is 0.164. The van der Waals surface area contributed by atoms with E-state index in [1.807, 2.05) is 12.3 Å². The standard InChI is InChI=1S/C28H19N/c1-2-8-19(9-3-1)25-18-22-16-15-20-10-4-5-13-23(20)26(22)27(25)24-14-6-11-21-12-7-17-29-28(21)24/h1-18,27H. The van der Waals surface area contributed by atoms with Gasteiger partial charge in [-0.1, -0.05) is 91.0 Å². The Bertz CT molecular complexity index is 1390. The summed E-state index contributed by atoms with van der Waals surface area (Å²) in [5, 5.41) is 3.79. The molecule has 1 unspecified atom stereocenters. The van der Waals surface area contributed by atoms with Crippen LogP contribution in [0, 0.1) is 0 Å². The topological polar surface area (TPSA) is 12.9 Å². The predicted molar refractivity (Wildman–Crippen MR) is 122 cm³/mol. The van der Waals surface area contributed by atoms with E-state index in [1.165, 1.54) is 44.0 Å². The Morgan fingerprint density at radius 3 is 2.34 bits per heavy atom. The van der Waals surface area contributed by atoms with Gasteiger partial charge in [-0.3, -0.25) is 4.98 Å². The second kappa shape index (κ2) is 6.42. The molecule has 136 valence electrons. The molecule has 0 N–H and O–H groups in total. The molecule has 0 saturated heterocycles. The van der Waals surface area contributed by atoms with Crippen molar-refractivity contribution in [1.82, 2.24) is 4.98 Å². The summed E-state index contributed by atoms with van der Waals surface area (Å²) in [7, 11) is 0. The Labute approximate surface area is 170 Å². The third kappa shape index (κ3) is 2.51. The zero-order chi connectivity index (χ0) is 19.2. The van der Waals surface area contributed by atoms with Crippen molar-refractivity contribution in [3.05, 3.63) is 126 Å². The van der Waals surface area contributed by atoms with Crippen molar-refractivity contribution in [3.63, 3.8) is 0 Å². The lowest BCUT2D eigenvalue weighted by Crippen LogP contribution is -2.04. The van der Waals surface area contributed by atoms with Crippen molar-refractivity contribution in [3.8, 4) is 0 Å². The molecule has 1 aliphatic carbocycles. The molecule has 0 saturated carbocycles. The summed E-state index contributed by atoms with van der Waals surface area (Å²) in [6.07, 6.45) is 4.26. The summed E-state index contributed by atoms with van der Waals surface area (Å²) in [4.78, 5) is 4.78. The predicted octanol–water partition coefficient (Wildman–Crippen LogP) is 7.07. The van der Waals surface area contributed by atoms with E-state index in [9.17, 15) is 0 Å². The Morgan fingerprint density at radius 1 is 0.621 bits per heavy atom. The Balaban J connectivity index is 1.70. The molecule has 4 aromatic carbocycles. The van der Waals surface area contributed by atoms with Crippen molar-refractivity contribution < 1.29 is 0 Å². The maximum Gasteiger partial charge on any atom is 0.0743 e. The molecule has 1 aliphatic rings. The van der Waals surface area contributed by atoms with Gasteiger partial charge < -0.3 is 0 Å². The first-order valence-corrected chi connectivity index (χ1v) is 10.0. The third-order valence-electron chi connectivity index (χ3n) is 6.00. The number of hydrogen-bond donors (Lipinski definition) is 0. The molecule has 0 spiro atoms. The first-order valence-electron chi connectivity index (χ1n) is 10.0. The summed E-state index contributed by atoms with van der Waals surface area (Å²) in [6, 6.07) is 34.7. The largest absolute Gasteiger partial charge is 0.256 e. The number of rotatable bonds is 2. The quantitative estimate of drug-likeness (QED) is 0.324. The highest BCUT2D eigenvalue weighted by Crippen LogP contribution is 2.49. The molecule has 1 aromatic heterocycles. The minimum absolute atomic E-state index is 0.164. The van der Waals surface area contributed by atoms with E-state index in [1.54, 1.807) is 0 Å². The smallest absolute Gasteiger partial charge is 0.0743 e. The Kier molecular flexibility index (Phi) is 3.60. The van der Waals surface area contributed by atoms with Crippen molar-refractivity contribution in [2.45, 2.75) is 5.92 Å². The third-order valence-corrected chi connectivity index (χ3v) is 6.00. The molecule has 1 heteroatoms. The Morgan fingerprint density at radius 2 is 1.41 bits per heavy atom. The molecule has 6 rings (SSSR count). The highest BCUT2D eigenvalue weighted by molar-refractivity contribution is 6.03. The second-order valence-corrected chi connectivity index (χ2v) is 7.61. The van der Waals surface area contributed by atoms with Crippen LogP contribution in [0.2, 0.25) is 0 Å². The minimum Gasteiger partial charge on any atom is -0.256 e. The lowest BCUT2D eigenvalue weighted by molar-refractivity contribution is 1.09. The highest BCUT2D eigenvalue weighted by atomic mass is 14.7. The van der Waals surface area contributed by atoms with Crippen LogP contribution < -0.4 is 0 Å². The SMILES string of the molecule is C1=C(c2ccccc2)C(c2cccc3cccnc23)c2c1ccc1ccccc21. The lowest BCUT2D eigenvalue weighted by Gasteiger charge is -2.21. The number of aromatic nitrogens is 1. The number of para-hydroxylation sites is 1. The lowest BCUT2D eigenvalue weighted by atomic mass is 9.82. The van der Waals surface area contributed by atoms with E-state index in [4.69, 9.17) is 4.98 Å². The highest BCUT2D eigenvalue weighted by Gasteiger charge is 2.30. The molecule has 0 bridgehead atoms. The molecular formula is C28H19N. The average molecular weight is 369 g/mol. The molecule has 0 fully saturated rings. The van der Waals surface area contributed by atoms with E-state index in [-0.39, 0.29) is 5.92 Å². The van der Waals surface area contributed by atoms with Crippen molar-refractivity contribution in [2.24, 2.45) is 0 Å². The molecule has 29 heavy (non-hydrogen) atoms. The summed E-state index contributed by atoms with van der Waals surface area (Å²) >= 11 is 0. The van der Waals surface area contributed by atoms with Crippen LogP contribution >= 0.6 is 0 Å². The van der Waals surface area contributed by atoms with E-state index in [0.29, 0.717) is 0 Å². The molecule has 0 radical (unpaired) electrons. The van der Waals surface area contributed by atoms with Gasteiger partial charge in [0.1, 0.15) is 0 Å². The van der Waals surface area contributed by atoms with Gasteiger partial charge in [0.2, 0.25) is 0 Å². The average Bonchev–Trinajstić information content (AvgIpc) is 3.19. The molecule has 1 heterocycles. The molecule has 1 nitrogen and oxygen atoms in total. The molecule has 5 aromatic rings. The van der Waals surface area contributed by atoms with Crippen LogP contribution in [0.1, 0.15) is 28.2 Å². The van der Waals surface area contributed by atoms with Crippen LogP contribution in [0.5, 0.6) is 0 Å². The number of benzene rings is 4. The second-order valence-electron chi connectivity index (χ2n) is 7.61. The van der Waals surface area contributed by atoms with Crippen molar-refractivity contribution in [1.29, 1.82) is 0 Å². The van der Waals surface area contributed by atoms with Crippen LogP contribution in [-0.4, -0.2) is 4.98 Å². The summed E-state index contributed by atoms with van der Waals surface area (Å²) in [5.41, 5.74) is 7.66. The van der Waals surface area contributed by atoms with Crippen molar-refractivity contribution in [2.75, 3.05) is 0 Å². The number of nitrogens with zero attached hydrogens (tertiary/aromatic N) is 1. The Hall–Kier alpha value is -3.71. The van der Waals surface area contributed by atoms with E-state index >= 15 is 0 Å². The monoisotopic (exact) mass is 369 g/mol. The van der Waals surface area contributed by atoms with Gasteiger partial charge in [-0.15, -0.1) is 0 Å². The first-order chi connectivity index (χ1) is 14.4. The van der Waals surface area contributed by atoms with Crippen molar-refractivity contribution >= 4 is 33.3 Å². The zero-order valence-electron chi connectivity index (χ0n) is 15.9. The number of hydrogen-bond acceptors (Lipinski definition) is 1. The van der Waals surface area contributed by atoms with Gasteiger partial charge in [-0.2, -0.15) is 0 Å². The molecule has 1 atom stereocenters. The van der Waals surface area contributed by atoms with Crippen LogP contribution in [0.25, 0.3) is 33.3 Å². The van der Waals surface area contributed by atoms with Gasteiger partial charge in [-0.25, -0.2) is 0 Å². The van der Waals surface area contributed by atoms with E-state index < -0.39 is 0 Å². The zero-order valence-corrected chi connectivity index (χ0v) is 15.9. The summed E-state index contributed by atoms with van der Waals surface area (Å²) < 4.78 is 0. The normalized spacial score (nSPS) is 15.4. The maximum atomic E-state index is 4.78. The molecular weight excluding hydrogens is 350 g/mol. The van der Waals surface area contributed by atoms with Gasteiger partial charge in [0.05, 0.1) is 5.52 Å². The van der Waals surface area contributed by atoms with Gasteiger partial charge in [0, 0.05) is 17.5 Å². The van der Waals surface area contributed by atoms with Gasteiger partial charge in [0.25, 0.3) is 0 Å². The fraction of sp³-hybridized carbons (Fsp3) is 0.0357. The summed E-state index contributed by atoms with van der Waals surface area (Å²) in [5.74, 6) is 0.164. The van der Waals surface area contributed by atoms with Gasteiger partial charge in [0.15, 0.2) is 0 Å². The van der Waals surface area contributed by atoms with E-state index in [2.05, 4.69) is 97.1 Å². The van der Waals surface area contributed by atoms with Crippen LogP contribution in [0.15, 0.2) is 103 Å². The molecule has 0 amide bonds. The van der Waals surface area contributed by atoms with Gasteiger partial charge in [-0.05, 0) is 50.7 Å². The fourth-order valence-corrected chi connectivity index (χ4v) is 4.73. The first kappa shape index (κ1) is 16.3. The number of fused-ring (bicyclic) bond motifs is 4. The van der Waals surface area contributed by atoms with Crippen LogP contribution in [-0.2, 0) is 0 Å². The number of pyridine rings is 1. The number of allylic oxidation sites excluding steroid dienone is 1. The maximum absolute atomic E-state index is 4.78. The fourth-order valence-electron chi connectivity index (χ4n) is 4.73. The van der Waals surface area contributed by atoms with Crippen LogP contribution in [0.3, 0.4) is 0 Å². The van der Waals surface area contributed by atoms with Gasteiger partial charge >= 0.3 is 0 Å².